The van der Waals surface area contributed by atoms with Crippen molar-refractivity contribution in [2.75, 3.05) is 13.1 Å². The van der Waals surface area contributed by atoms with Crippen molar-refractivity contribution in [2.24, 2.45) is 5.73 Å². The first-order chi connectivity index (χ1) is 7.99. The molecule has 4 nitrogen and oxygen atoms in total. The summed E-state index contributed by atoms with van der Waals surface area (Å²) in [6.45, 7) is 5.57. The van der Waals surface area contributed by atoms with Gasteiger partial charge in [-0.3, -0.25) is 4.79 Å². The lowest BCUT2D eigenvalue weighted by atomic mass is 10.3. The van der Waals surface area contributed by atoms with Crippen LogP contribution in [0.4, 0.5) is 0 Å². The van der Waals surface area contributed by atoms with Gasteiger partial charge in [-0.2, -0.15) is 0 Å². The Morgan fingerprint density at radius 2 is 2.22 bits per heavy atom. The first-order valence-corrected chi connectivity index (χ1v) is 6.70. The smallest absolute Gasteiger partial charge is 0.270 e. The molecule has 1 fully saturated rings. The fraction of sp³-hybridized carbons (Fsp3) is 0.583. The maximum atomic E-state index is 12.4. The predicted molar refractivity (Wildman–Crippen MR) is 78.3 cm³/mol. The highest BCUT2D eigenvalue weighted by molar-refractivity contribution is 9.10. The summed E-state index contributed by atoms with van der Waals surface area (Å²) >= 11 is 3.42. The van der Waals surface area contributed by atoms with Crippen molar-refractivity contribution in [2.45, 2.75) is 32.4 Å². The van der Waals surface area contributed by atoms with E-state index in [9.17, 15) is 4.79 Å². The van der Waals surface area contributed by atoms with E-state index in [1.807, 2.05) is 21.7 Å². The number of hydrogen-bond acceptors (Lipinski definition) is 2. The van der Waals surface area contributed by atoms with Gasteiger partial charge in [0.1, 0.15) is 5.69 Å². The molecule has 1 aliphatic heterocycles. The van der Waals surface area contributed by atoms with E-state index in [1.165, 1.54) is 0 Å². The number of rotatable bonds is 2. The van der Waals surface area contributed by atoms with E-state index < -0.39 is 0 Å². The molecule has 0 saturated carbocycles. The molecule has 2 heterocycles. The molecule has 1 aromatic heterocycles. The lowest BCUT2D eigenvalue weighted by molar-refractivity contribution is 0.0778. The summed E-state index contributed by atoms with van der Waals surface area (Å²) in [6.07, 6.45) is 2.85. The lowest BCUT2D eigenvalue weighted by Gasteiger charge is -2.18. The van der Waals surface area contributed by atoms with Crippen molar-refractivity contribution in [3.05, 3.63) is 22.4 Å². The number of amides is 1. The first-order valence-electron chi connectivity index (χ1n) is 5.91. The van der Waals surface area contributed by atoms with Gasteiger partial charge in [0.25, 0.3) is 5.91 Å². The fourth-order valence-electron chi connectivity index (χ4n) is 2.18. The van der Waals surface area contributed by atoms with Gasteiger partial charge < -0.3 is 15.2 Å². The van der Waals surface area contributed by atoms with Gasteiger partial charge in [-0.05, 0) is 42.3 Å². The molecule has 1 aromatic rings. The van der Waals surface area contributed by atoms with Crippen LogP contribution in [0.1, 0.15) is 36.8 Å². The van der Waals surface area contributed by atoms with Crippen LogP contribution in [0, 0.1) is 0 Å². The molecule has 0 bridgehead atoms. The molecule has 0 spiro atoms. The summed E-state index contributed by atoms with van der Waals surface area (Å²) in [5.41, 5.74) is 6.57. The van der Waals surface area contributed by atoms with E-state index in [2.05, 4.69) is 29.8 Å². The Morgan fingerprint density at radius 1 is 1.56 bits per heavy atom. The van der Waals surface area contributed by atoms with E-state index >= 15 is 0 Å². The lowest BCUT2D eigenvalue weighted by Crippen LogP contribution is -2.33. The van der Waals surface area contributed by atoms with Crippen LogP contribution >= 0.6 is 28.3 Å². The zero-order valence-corrected chi connectivity index (χ0v) is 13.0. The third-order valence-corrected chi connectivity index (χ3v) is 3.54. The normalized spacial score (nSPS) is 19.2. The summed E-state index contributed by atoms with van der Waals surface area (Å²) in [7, 11) is 0. The highest BCUT2D eigenvalue weighted by Gasteiger charge is 2.27. The number of halogens is 2. The van der Waals surface area contributed by atoms with Crippen LogP contribution in [0.3, 0.4) is 0 Å². The average molecular weight is 337 g/mol. The van der Waals surface area contributed by atoms with Gasteiger partial charge in [-0.25, -0.2) is 0 Å². The van der Waals surface area contributed by atoms with E-state index in [1.54, 1.807) is 0 Å². The summed E-state index contributed by atoms with van der Waals surface area (Å²) in [4.78, 5) is 14.2. The van der Waals surface area contributed by atoms with E-state index in [0.717, 1.165) is 23.1 Å². The highest BCUT2D eigenvalue weighted by Crippen LogP contribution is 2.22. The van der Waals surface area contributed by atoms with Crippen LogP contribution in [-0.2, 0) is 0 Å². The van der Waals surface area contributed by atoms with Crippen LogP contribution in [-0.4, -0.2) is 34.5 Å². The molecule has 0 aromatic carbocycles. The van der Waals surface area contributed by atoms with Gasteiger partial charge in [0.2, 0.25) is 0 Å². The largest absolute Gasteiger partial charge is 0.340 e. The van der Waals surface area contributed by atoms with Crippen molar-refractivity contribution >= 4 is 34.2 Å². The monoisotopic (exact) mass is 335 g/mol. The van der Waals surface area contributed by atoms with Crippen LogP contribution in [0.2, 0.25) is 0 Å². The van der Waals surface area contributed by atoms with E-state index in [4.69, 9.17) is 5.73 Å². The standard InChI is InChI=1S/C12H18BrN3O.ClH/c1-8(2)16-6-9(13)5-11(16)12(17)15-4-3-10(14)7-15;/h5-6,8,10H,3-4,7,14H2,1-2H3;1H. The molecule has 1 amide bonds. The second-order valence-electron chi connectivity index (χ2n) is 4.84. The van der Waals surface area contributed by atoms with Gasteiger partial charge in [0.05, 0.1) is 0 Å². The van der Waals surface area contributed by atoms with Crippen LogP contribution in [0.5, 0.6) is 0 Å². The molecule has 2 N–H and O–H groups in total. The van der Waals surface area contributed by atoms with Crippen molar-refractivity contribution in [1.29, 1.82) is 0 Å². The van der Waals surface area contributed by atoms with Crippen molar-refractivity contribution in [3.63, 3.8) is 0 Å². The maximum absolute atomic E-state index is 12.4. The summed E-state index contributed by atoms with van der Waals surface area (Å²) in [5.74, 6) is 0.0809. The Kier molecular flexibility index (Phi) is 5.25. The topological polar surface area (TPSA) is 51.3 Å². The van der Waals surface area contributed by atoms with Gasteiger partial charge in [-0.1, -0.05) is 0 Å². The van der Waals surface area contributed by atoms with Gasteiger partial charge >= 0.3 is 0 Å². The SMILES string of the molecule is CC(C)n1cc(Br)cc1C(=O)N1CCC(N)C1.Cl. The van der Waals surface area contributed by atoms with Gasteiger partial charge in [0, 0.05) is 35.8 Å². The van der Waals surface area contributed by atoms with Crippen LogP contribution in [0.25, 0.3) is 0 Å². The molecule has 1 unspecified atom stereocenters. The predicted octanol–water partition coefficient (Wildman–Crippen LogP) is 2.43. The minimum atomic E-state index is 0. The minimum Gasteiger partial charge on any atom is -0.340 e. The molecule has 1 saturated heterocycles. The molecule has 1 atom stereocenters. The van der Waals surface area contributed by atoms with E-state index in [-0.39, 0.29) is 30.4 Å². The second-order valence-corrected chi connectivity index (χ2v) is 5.76. The number of hydrogen-bond donors (Lipinski definition) is 1. The quantitative estimate of drug-likeness (QED) is 0.902. The molecular formula is C12H19BrClN3O. The fourth-order valence-corrected chi connectivity index (χ4v) is 2.62. The third-order valence-electron chi connectivity index (χ3n) is 3.10. The first kappa shape index (κ1) is 15.5. The number of likely N-dealkylation sites (tertiary alicyclic amines) is 1. The maximum Gasteiger partial charge on any atom is 0.270 e. The Labute approximate surface area is 122 Å². The Hall–Kier alpha value is -0.520. The zero-order chi connectivity index (χ0) is 12.6. The number of nitrogens with zero attached hydrogens (tertiary/aromatic N) is 2. The Bertz CT molecular complexity index is 433. The number of carbonyl (C=O) groups is 1. The minimum absolute atomic E-state index is 0. The second kappa shape index (κ2) is 6.08. The molecule has 18 heavy (non-hydrogen) atoms. The zero-order valence-electron chi connectivity index (χ0n) is 10.6. The summed E-state index contributed by atoms with van der Waals surface area (Å²) < 4.78 is 2.94. The number of nitrogens with two attached hydrogens (primary N) is 1. The van der Waals surface area contributed by atoms with Gasteiger partial charge in [0.15, 0.2) is 0 Å². The molecule has 0 radical (unpaired) electrons. The molecule has 1 aliphatic rings. The average Bonchev–Trinajstić information content (AvgIpc) is 2.83. The molecule has 0 aliphatic carbocycles. The highest BCUT2D eigenvalue weighted by atomic mass is 79.9. The number of aromatic nitrogens is 1. The summed E-state index contributed by atoms with van der Waals surface area (Å²) in [5, 5.41) is 0. The molecule has 102 valence electrons. The number of carbonyl (C=O) groups excluding carboxylic acids is 1. The Balaban J connectivity index is 0.00000162. The third kappa shape index (κ3) is 3.08. The molecule has 2 rings (SSSR count). The van der Waals surface area contributed by atoms with Crippen molar-refractivity contribution in [3.8, 4) is 0 Å². The molecule has 6 heteroatoms. The van der Waals surface area contributed by atoms with Crippen molar-refractivity contribution in [1.82, 2.24) is 9.47 Å². The Morgan fingerprint density at radius 3 is 2.72 bits per heavy atom. The molecular weight excluding hydrogens is 318 g/mol. The van der Waals surface area contributed by atoms with Gasteiger partial charge in [-0.15, -0.1) is 12.4 Å². The van der Waals surface area contributed by atoms with Crippen LogP contribution < -0.4 is 5.73 Å². The van der Waals surface area contributed by atoms with E-state index in [0.29, 0.717) is 6.54 Å². The summed E-state index contributed by atoms with van der Waals surface area (Å²) in [6, 6.07) is 2.29. The van der Waals surface area contributed by atoms with Crippen molar-refractivity contribution < 1.29 is 4.79 Å². The van der Waals surface area contributed by atoms with Crippen LogP contribution in [0.15, 0.2) is 16.7 Å².